The molecule has 1 amide bonds. The molecule has 0 aromatic rings. The molecule has 0 radical (unpaired) electrons. The Morgan fingerprint density at radius 1 is 1.05 bits per heavy atom. The summed E-state index contributed by atoms with van der Waals surface area (Å²) in [5, 5.41) is 8.98. The van der Waals surface area contributed by atoms with E-state index in [4.69, 9.17) is 10.8 Å². The van der Waals surface area contributed by atoms with E-state index in [9.17, 15) is 9.59 Å². The first-order chi connectivity index (χ1) is 9.08. The Hall–Kier alpha value is -1.10. The quantitative estimate of drug-likeness (QED) is 0.770. The van der Waals surface area contributed by atoms with Gasteiger partial charge in [0.2, 0.25) is 5.91 Å². The van der Waals surface area contributed by atoms with Crippen molar-refractivity contribution in [2.45, 2.75) is 38.1 Å². The van der Waals surface area contributed by atoms with E-state index in [0.29, 0.717) is 37.8 Å². The molecule has 4 unspecified atom stereocenters. The monoisotopic (exact) mass is 266 g/mol. The van der Waals surface area contributed by atoms with Crippen molar-refractivity contribution in [1.29, 1.82) is 0 Å². The van der Waals surface area contributed by atoms with Crippen LogP contribution >= 0.6 is 0 Å². The lowest BCUT2D eigenvalue weighted by Gasteiger charge is -2.36. The molecule has 1 saturated heterocycles. The number of carboxylic acid groups (broad SMARTS) is 1. The number of fused-ring (bicyclic) bond motifs is 2. The number of carboxylic acids is 1. The van der Waals surface area contributed by atoms with Crippen LogP contribution in [0.5, 0.6) is 0 Å². The molecule has 0 aromatic heterocycles. The van der Waals surface area contributed by atoms with Crippen molar-refractivity contribution < 1.29 is 14.7 Å². The van der Waals surface area contributed by atoms with Gasteiger partial charge in [-0.15, -0.1) is 0 Å². The molecule has 106 valence electrons. The molecule has 1 aliphatic heterocycles. The number of piperidine rings is 1. The number of hydrogen-bond acceptors (Lipinski definition) is 3. The lowest BCUT2D eigenvalue weighted by molar-refractivity contribution is -0.147. The van der Waals surface area contributed by atoms with Gasteiger partial charge in [0.15, 0.2) is 0 Å². The Balaban J connectivity index is 1.61. The fourth-order valence-corrected chi connectivity index (χ4v) is 4.26. The fraction of sp³-hybridized carbons (Fsp3) is 0.857. The minimum atomic E-state index is -0.733. The van der Waals surface area contributed by atoms with Gasteiger partial charge in [0, 0.05) is 19.1 Å². The van der Waals surface area contributed by atoms with E-state index in [0.717, 1.165) is 12.8 Å². The van der Waals surface area contributed by atoms with Crippen molar-refractivity contribution in [3.63, 3.8) is 0 Å². The first kappa shape index (κ1) is 12.9. The average molecular weight is 266 g/mol. The SMILES string of the molecule is NC1C2CCC(C2)C1C(=O)N1CCC(C(=O)O)CC1. The van der Waals surface area contributed by atoms with Gasteiger partial charge in [-0.1, -0.05) is 0 Å². The third-order valence-electron chi connectivity index (χ3n) is 5.42. The van der Waals surface area contributed by atoms with Crippen molar-refractivity contribution in [2.75, 3.05) is 13.1 Å². The van der Waals surface area contributed by atoms with Crippen molar-refractivity contribution in [3.05, 3.63) is 0 Å². The maximum atomic E-state index is 12.6. The van der Waals surface area contributed by atoms with Crippen LogP contribution in [0, 0.1) is 23.7 Å². The second-order valence-corrected chi connectivity index (χ2v) is 6.37. The van der Waals surface area contributed by atoms with E-state index in [1.54, 1.807) is 0 Å². The van der Waals surface area contributed by atoms with Crippen LogP contribution in [0.2, 0.25) is 0 Å². The summed E-state index contributed by atoms with van der Waals surface area (Å²) in [7, 11) is 0. The number of carbonyl (C=O) groups excluding carboxylic acids is 1. The summed E-state index contributed by atoms with van der Waals surface area (Å²) in [4.78, 5) is 25.3. The number of aliphatic carboxylic acids is 1. The van der Waals surface area contributed by atoms with Crippen molar-refractivity contribution in [3.8, 4) is 0 Å². The van der Waals surface area contributed by atoms with Crippen LogP contribution in [0.3, 0.4) is 0 Å². The van der Waals surface area contributed by atoms with Crippen LogP contribution in [0.4, 0.5) is 0 Å². The number of carbonyl (C=O) groups is 2. The number of amides is 1. The van der Waals surface area contributed by atoms with Gasteiger partial charge in [0.05, 0.1) is 11.8 Å². The predicted molar refractivity (Wildman–Crippen MR) is 69.2 cm³/mol. The molecule has 3 aliphatic rings. The highest BCUT2D eigenvalue weighted by molar-refractivity contribution is 5.81. The second kappa shape index (κ2) is 4.78. The van der Waals surface area contributed by atoms with Gasteiger partial charge in [-0.2, -0.15) is 0 Å². The van der Waals surface area contributed by atoms with E-state index in [2.05, 4.69) is 0 Å². The van der Waals surface area contributed by atoms with Crippen LogP contribution in [-0.2, 0) is 9.59 Å². The van der Waals surface area contributed by atoms with Crippen LogP contribution < -0.4 is 5.73 Å². The predicted octanol–water partition coefficient (Wildman–Crippen LogP) is 0.683. The molecule has 0 spiro atoms. The maximum absolute atomic E-state index is 12.6. The lowest BCUT2D eigenvalue weighted by Crippen LogP contribution is -2.49. The Bertz CT molecular complexity index is 388. The molecule has 1 heterocycles. The zero-order valence-corrected chi connectivity index (χ0v) is 11.1. The van der Waals surface area contributed by atoms with E-state index in [1.165, 1.54) is 6.42 Å². The standard InChI is InChI=1S/C14H22N2O3/c15-12-10-2-1-9(7-10)11(12)13(17)16-5-3-8(4-6-16)14(18)19/h8-12H,1-7,15H2,(H,18,19). The van der Waals surface area contributed by atoms with Crippen molar-refractivity contribution in [1.82, 2.24) is 4.90 Å². The first-order valence-corrected chi connectivity index (χ1v) is 7.35. The Labute approximate surface area is 113 Å². The molecule has 5 nitrogen and oxygen atoms in total. The number of rotatable bonds is 2. The molecule has 19 heavy (non-hydrogen) atoms. The van der Waals surface area contributed by atoms with Crippen LogP contribution in [0.15, 0.2) is 0 Å². The van der Waals surface area contributed by atoms with Crippen molar-refractivity contribution in [2.24, 2.45) is 29.4 Å². The van der Waals surface area contributed by atoms with E-state index in [1.807, 2.05) is 4.90 Å². The summed E-state index contributed by atoms with van der Waals surface area (Å²) >= 11 is 0. The number of nitrogens with zero attached hydrogens (tertiary/aromatic N) is 1. The third kappa shape index (κ3) is 2.14. The molecule has 3 fully saturated rings. The largest absolute Gasteiger partial charge is 0.481 e. The highest BCUT2D eigenvalue weighted by atomic mass is 16.4. The normalized spacial score (nSPS) is 38.7. The van der Waals surface area contributed by atoms with E-state index >= 15 is 0 Å². The summed E-state index contributed by atoms with van der Waals surface area (Å²) in [6, 6.07) is 0.0310. The Kier molecular flexibility index (Phi) is 3.25. The molecule has 5 heteroatoms. The summed E-state index contributed by atoms with van der Waals surface area (Å²) in [6.07, 6.45) is 4.59. The minimum Gasteiger partial charge on any atom is -0.481 e. The summed E-state index contributed by atoms with van der Waals surface area (Å²) in [6.45, 7) is 1.16. The van der Waals surface area contributed by atoms with Crippen LogP contribution in [0.25, 0.3) is 0 Å². The third-order valence-corrected chi connectivity index (χ3v) is 5.42. The Morgan fingerprint density at radius 2 is 1.68 bits per heavy atom. The smallest absolute Gasteiger partial charge is 0.306 e. The highest BCUT2D eigenvalue weighted by Gasteiger charge is 2.50. The molecule has 2 aliphatic carbocycles. The zero-order chi connectivity index (χ0) is 13.6. The van der Waals surface area contributed by atoms with Gasteiger partial charge < -0.3 is 15.7 Å². The van der Waals surface area contributed by atoms with Gasteiger partial charge >= 0.3 is 5.97 Å². The zero-order valence-electron chi connectivity index (χ0n) is 11.1. The minimum absolute atomic E-state index is 0.000119. The maximum Gasteiger partial charge on any atom is 0.306 e. The van der Waals surface area contributed by atoms with Gasteiger partial charge in [-0.05, 0) is 43.9 Å². The van der Waals surface area contributed by atoms with E-state index in [-0.39, 0.29) is 23.8 Å². The molecule has 3 rings (SSSR count). The van der Waals surface area contributed by atoms with Gasteiger partial charge in [0.25, 0.3) is 0 Å². The number of likely N-dealkylation sites (tertiary alicyclic amines) is 1. The number of hydrogen-bond donors (Lipinski definition) is 2. The fourth-order valence-electron chi connectivity index (χ4n) is 4.26. The van der Waals surface area contributed by atoms with Gasteiger partial charge in [-0.3, -0.25) is 9.59 Å². The average Bonchev–Trinajstić information content (AvgIpc) is 2.99. The van der Waals surface area contributed by atoms with Crippen LogP contribution in [-0.4, -0.2) is 41.0 Å². The second-order valence-electron chi connectivity index (χ2n) is 6.37. The topological polar surface area (TPSA) is 83.6 Å². The molecule has 2 saturated carbocycles. The molecule has 3 N–H and O–H groups in total. The molecular formula is C14H22N2O3. The van der Waals surface area contributed by atoms with Gasteiger partial charge in [0.1, 0.15) is 0 Å². The molecule has 2 bridgehead atoms. The molecule has 0 aromatic carbocycles. The molecule has 4 atom stereocenters. The molecular weight excluding hydrogens is 244 g/mol. The highest BCUT2D eigenvalue weighted by Crippen LogP contribution is 2.48. The van der Waals surface area contributed by atoms with Crippen LogP contribution in [0.1, 0.15) is 32.1 Å². The summed E-state index contributed by atoms with van der Waals surface area (Å²) in [5.74, 6) is 0.186. The lowest BCUT2D eigenvalue weighted by atomic mass is 9.83. The number of nitrogens with two attached hydrogens (primary N) is 1. The summed E-state index contributed by atoms with van der Waals surface area (Å²) in [5.41, 5.74) is 6.21. The summed E-state index contributed by atoms with van der Waals surface area (Å²) < 4.78 is 0. The van der Waals surface area contributed by atoms with Crippen molar-refractivity contribution >= 4 is 11.9 Å². The first-order valence-electron chi connectivity index (χ1n) is 7.35. The van der Waals surface area contributed by atoms with Gasteiger partial charge in [-0.25, -0.2) is 0 Å². The van der Waals surface area contributed by atoms with E-state index < -0.39 is 5.97 Å². The Morgan fingerprint density at radius 3 is 2.21 bits per heavy atom.